The summed E-state index contributed by atoms with van der Waals surface area (Å²) in [7, 11) is 3.26. The van der Waals surface area contributed by atoms with Crippen molar-refractivity contribution in [1.29, 1.82) is 0 Å². The summed E-state index contributed by atoms with van der Waals surface area (Å²) in [4.78, 5) is 15.0. The second-order valence-corrected chi connectivity index (χ2v) is 7.13. The molecule has 0 aromatic heterocycles. The minimum absolute atomic E-state index is 0.0280. The number of likely N-dealkylation sites (tertiary alicyclic amines) is 1. The normalized spacial score (nSPS) is 26.5. The van der Waals surface area contributed by atoms with E-state index in [2.05, 4.69) is 10.9 Å². The molecule has 0 saturated carbocycles. The lowest BCUT2D eigenvalue weighted by molar-refractivity contribution is -0.131. The lowest BCUT2D eigenvalue weighted by Crippen LogP contribution is -2.42. The van der Waals surface area contributed by atoms with E-state index in [9.17, 15) is 9.90 Å². The van der Waals surface area contributed by atoms with E-state index in [-0.39, 0.29) is 35.7 Å². The van der Waals surface area contributed by atoms with Crippen molar-refractivity contribution in [3.05, 3.63) is 59.7 Å². The van der Waals surface area contributed by atoms with Crippen LogP contribution in [0.15, 0.2) is 48.5 Å². The van der Waals surface area contributed by atoms with Crippen LogP contribution in [-0.4, -0.2) is 49.3 Å². The number of methoxy groups -OCH3 is 2. The fraction of sp³-hybridized carbons (Fsp3) is 0.381. The standard InChI is InChI=1S/C21H25N3O4/c1-27-11-10-24-20(13-6-5-7-14(12-13)28-2)17-18(22-23-19(17)21(24)26)15-8-3-4-9-16(15)25/h3-9,12,17-20,22-23,25H,10-11H2,1-2H3. The highest BCUT2D eigenvalue weighted by Gasteiger charge is 2.55. The summed E-state index contributed by atoms with van der Waals surface area (Å²) in [5.74, 6) is 0.901. The molecule has 1 amide bonds. The molecule has 4 unspecified atom stereocenters. The van der Waals surface area contributed by atoms with Gasteiger partial charge in [0.05, 0.1) is 25.8 Å². The molecule has 2 saturated heterocycles. The molecular weight excluding hydrogens is 358 g/mol. The van der Waals surface area contributed by atoms with Gasteiger partial charge in [-0.25, -0.2) is 10.9 Å². The number of nitrogens with one attached hydrogen (secondary N) is 2. The number of rotatable bonds is 6. The number of nitrogens with zero attached hydrogens (tertiary/aromatic N) is 1. The Kier molecular flexibility index (Phi) is 5.21. The van der Waals surface area contributed by atoms with Gasteiger partial charge < -0.3 is 19.5 Å². The Labute approximate surface area is 164 Å². The Morgan fingerprint density at radius 2 is 1.86 bits per heavy atom. The largest absolute Gasteiger partial charge is 0.508 e. The van der Waals surface area contributed by atoms with Gasteiger partial charge in [-0.2, -0.15) is 0 Å². The molecule has 0 spiro atoms. The van der Waals surface area contributed by atoms with E-state index >= 15 is 0 Å². The molecule has 2 aliphatic heterocycles. The van der Waals surface area contributed by atoms with Crippen LogP contribution in [0.3, 0.4) is 0 Å². The molecule has 2 fully saturated rings. The molecular formula is C21H25N3O4. The number of carbonyl (C=O) groups excluding carboxylic acids is 1. The molecule has 2 heterocycles. The number of fused-ring (bicyclic) bond motifs is 1. The number of carbonyl (C=O) groups is 1. The molecule has 4 rings (SSSR count). The summed E-state index contributed by atoms with van der Waals surface area (Å²) in [5, 5.41) is 10.4. The fourth-order valence-electron chi connectivity index (χ4n) is 4.38. The van der Waals surface area contributed by atoms with Gasteiger partial charge in [-0.15, -0.1) is 0 Å². The van der Waals surface area contributed by atoms with E-state index in [0.717, 1.165) is 16.9 Å². The molecule has 0 radical (unpaired) electrons. The molecule has 7 heteroatoms. The van der Waals surface area contributed by atoms with E-state index in [1.807, 2.05) is 41.3 Å². The predicted molar refractivity (Wildman–Crippen MR) is 104 cm³/mol. The van der Waals surface area contributed by atoms with E-state index in [0.29, 0.717) is 13.2 Å². The van der Waals surface area contributed by atoms with Gasteiger partial charge in [0.15, 0.2) is 0 Å². The number of hydrazine groups is 1. The van der Waals surface area contributed by atoms with Gasteiger partial charge in [-0.3, -0.25) is 4.79 Å². The average Bonchev–Trinajstić information content (AvgIpc) is 3.26. The van der Waals surface area contributed by atoms with Crippen LogP contribution >= 0.6 is 0 Å². The van der Waals surface area contributed by atoms with Crippen LogP contribution in [0.5, 0.6) is 11.5 Å². The number of amides is 1. The van der Waals surface area contributed by atoms with Gasteiger partial charge in [0.1, 0.15) is 17.5 Å². The molecule has 0 bridgehead atoms. The van der Waals surface area contributed by atoms with Crippen molar-refractivity contribution in [2.75, 3.05) is 27.4 Å². The maximum Gasteiger partial charge on any atom is 0.242 e. The molecule has 0 aliphatic carbocycles. The zero-order chi connectivity index (χ0) is 19.7. The average molecular weight is 383 g/mol. The van der Waals surface area contributed by atoms with E-state index in [1.165, 1.54) is 0 Å². The Bertz CT molecular complexity index is 859. The Morgan fingerprint density at radius 1 is 1.07 bits per heavy atom. The van der Waals surface area contributed by atoms with Crippen LogP contribution in [0.1, 0.15) is 23.2 Å². The number of phenolic OH excluding ortho intramolecular Hbond substituents is 1. The van der Waals surface area contributed by atoms with Crippen molar-refractivity contribution in [2.24, 2.45) is 5.92 Å². The van der Waals surface area contributed by atoms with Crippen molar-refractivity contribution in [1.82, 2.24) is 15.8 Å². The van der Waals surface area contributed by atoms with Crippen molar-refractivity contribution in [3.63, 3.8) is 0 Å². The van der Waals surface area contributed by atoms with Crippen molar-refractivity contribution >= 4 is 5.91 Å². The van der Waals surface area contributed by atoms with Gasteiger partial charge in [0.25, 0.3) is 0 Å². The Hall–Kier alpha value is -2.61. The first-order valence-corrected chi connectivity index (χ1v) is 9.38. The molecule has 148 valence electrons. The summed E-state index contributed by atoms with van der Waals surface area (Å²) < 4.78 is 10.6. The lowest BCUT2D eigenvalue weighted by atomic mass is 9.83. The third kappa shape index (κ3) is 3.11. The quantitative estimate of drug-likeness (QED) is 0.705. The first-order chi connectivity index (χ1) is 13.7. The highest BCUT2D eigenvalue weighted by molar-refractivity contribution is 5.86. The third-order valence-electron chi connectivity index (χ3n) is 5.66. The molecule has 3 N–H and O–H groups in total. The summed E-state index contributed by atoms with van der Waals surface area (Å²) in [6, 6.07) is 14.3. The number of ether oxygens (including phenoxy) is 2. The van der Waals surface area contributed by atoms with Crippen LogP contribution in [0.2, 0.25) is 0 Å². The number of hydrogen-bond donors (Lipinski definition) is 3. The minimum atomic E-state index is -0.377. The van der Waals surface area contributed by atoms with Crippen molar-refractivity contribution < 1.29 is 19.4 Å². The van der Waals surface area contributed by atoms with Gasteiger partial charge >= 0.3 is 0 Å². The zero-order valence-corrected chi connectivity index (χ0v) is 16.0. The van der Waals surface area contributed by atoms with E-state index in [1.54, 1.807) is 26.4 Å². The first-order valence-electron chi connectivity index (χ1n) is 9.38. The highest BCUT2D eigenvalue weighted by Crippen LogP contribution is 2.48. The molecule has 2 aromatic rings. The van der Waals surface area contributed by atoms with Crippen LogP contribution in [0.25, 0.3) is 0 Å². The highest BCUT2D eigenvalue weighted by atomic mass is 16.5. The summed E-state index contributed by atoms with van der Waals surface area (Å²) in [6.45, 7) is 0.958. The SMILES string of the molecule is COCCN1C(=O)C2NNC(c3ccccc3O)C2C1c1cccc(OC)c1. The Balaban J connectivity index is 1.77. The number of hydrogen-bond acceptors (Lipinski definition) is 6. The minimum Gasteiger partial charge on any atom is -0.508 e. The summed E-state index contributed by atoms with van der Waals surface area (Å²) in [5.41, 5.74) is 8.16. The maximum absolute atomic E-state index is 13.2. The van der Waals surface area contributed by atoms with Crippen molar-refractivity contribution in [2.45, 2.75) is 18.1 Å². The molecule has 7 nitrogen and oxygen atoms in total. The first kappa shape index (κ1) is 18.7. The second-order valence-electron chi connectivity index (χ2n) is 7.13. The van der Waals surface area contributed by atoms with Crippen LogP contribution in [0.4, 0.5) is 0 Å². The topological polar surface area (TPSA) is 83.1 Å². The molecule has 2 aliphatic rings. The summed E-state index contributed by atoms with van der Waals surface area (Å²) in [6.07, 6.45) is 0. The number of aromatic hydroxyl groups is 1. The van der Waals surface area contributed by atoms with Crippen molar-refractivity contribution in [3.8, 4) is 11.5 Å². The lowest BCUT2D eigenvalue weighted by Gasteiger charge is -2.31. The van der Waals surface area contributed by atoms with Gasteiger partial charge in [0, 0.05) is 25.1 Å². The maximum atomic E-state index is 13.2. The number of benzene rings is 2. The van der Waals surface area contributed by atoms with Crippen LogP contribution in [-0.2, 0) is 9.53 Å². The fourth-order valence-corrected chi connectivity index (χ4v) is 4.38. The smallest absolute Gasteiger partial charge is 0.242 e. The van der Waals surface area contributed by atoms with Gasteiger partial charge in [-0.1, -0.05) is 30.3 Å². The Morgan fingerprint density at radius 3 is 2.61 bits per heavy atom. The predicted octanol–water partition coefficient (Wildman–Crippen LogP) is 1.76. The molecule has 4 atom stereocenters. The third-order valence-corrected chi connectivity index (χ3v) is 5.66. The molecule has 28 heavy (non-hydrogen) atoms. The molecule has 2 aromatic carbocycles. The monoisotopic (exact) mass is 383 g/mol. The van der Waals surface area contributed by atoms with Crippen LogP contribution < -0.4 is 15.6 Å². The van der Waals surface area contributed by atoms with Gasteiger partial charge in [-0.05, 0) is 23.8 Å². The zero-order valence-electron chi connectivity index (χ0n) is 16.0. The second kappa shape index (κ2) is 7.79. The van der Waals surface area contributed by atoms with E-state index < -0.39 is 0 Å². The van der Waals surface area contributed by atoms with Crippen LogP contribution in [0, 0.1) is 5.92 Å². The summed E-state index contributed by atoms with van der Waals surface area (Å²) >= 11 is 0. The number of para-hydroxylation sites is 1. The van der Waals surface area contributed by atoms with E-state index in [4.69, 9.17) is 9.47 Å². The number of phenols is 1. The van der Waals surface area contributed by atoms with Gasteiger partial charge in [0.2, 0.25) is 5.91 Å².